The average molecular weight is 338 g/mol. The second-order valence-corrected chi connectivity index (χ2v) is 5.94. The van der Waals surface area contributed by atoms with E-state index in [9.17, 15) is 4.79 Å². The van der Waals surface area contributed by atoms with Crippen molar-refractivity contribution in [1.29, 1.82) is 0 Å². The number of rotatable bonds is 5. The van der Waals surface area contributed by atoms with Crippen LogP contribution in [0.15, 0.2) is 54.6 Å². The predicted octanol–water partition coefficient (Wildman–Crippen LogP) is 3.48. The van der Waals surface area contributed by atoms with E-state index in [0.29, 0.717) is 17.1 Å². The third-order valence-corrected chi connectivity index (χ3v) is 4.07. The number of aryl methyl sites for hydroxylation is 1. The Balaban J connectivity index is 1.75. The van der Waals surface area contributed by atoms with Gasteiger partial charge >= 0.3 is 0 Å². The summed E-state index contributed by atoms with van der Waals surface area (Å²) >= 11 is 5.29. The largest absolute Gasteiger partial charge is 0.325 e. The van der Waals surface area contributed by atoms with Gasteiger partial charge in [-0.3, -0.25) is 14.5 Å². The highest BCUT2D eigenvalue weighted by Gasteiger charge is 2.12. The molecule has 24 heavy (non-hydrogen) atoms. The Morgan fingerprint density at radius 3 is 2.62 bits per heavy atom. The molecule has 0 fully saturated rings. The maximum atomic E-state index is 12.3. The van der Waals surface area contributed by atoms with Crippen molar-refractivity contribution in [2.75, 3.05) is 5.32 Å². The molecule has 122 valence electrons. The smallest absolute Gasteiger partial charge is 0.232 e. The fraction of sp³-hybridized carbons (Fsp3) is 0.167. The summed E-state index contributed by atoms with van der Waals surface area (Å²) in [6, 6.07) is 17.6. The highest BCUT2D eigenvalue weighted by Crippen LogP contribution is 2.14. The third kappa shape index (κ3) is 3.78. The van der Waals surface area contributed by atoms with Gasteiger partial charge in [-0.15, -0.1) is 0 Å². The standard InChI is InChI=1S/C18H18N4OS/c1-13-7-5-6-10-15(13)19-17(23)11-16-20-21-18(24)22(16)12-14-8-3-2-4-9-14/h2-10H,11-12H2,1H3,(H,19,23)(H,21,24). The van der Waals surface area contributed by atoms with Crippen molar-refractivity contribution in [3.05, 3.63) is 76.3 Å². The molecular weight excluding hydrogens is 320 g/mol. The molecule has 0 saturated heterocycles. The minimum atomic E-state index is -0.118. The maximum absolute atomic E-state index is 12.3. The second-order valence-electron chi connectivity index (χ2n) is 5.56. The lowest BCUT2D eigenvalue weighted by Gasteiger charge is -2.09. The Hall–Kier alpha value is -2.73. The quantitative estimate of drug-likeness (QED) is 0.700. The van der Waals surface area contributed by atoms with Crippen LogP contribution in [0.25, 0.3) is 0 Å². The van der Waals surface area contributed by atoms with Gasteiger partial charge in [-0.25, -0.2) is 0 Å². The maximum Gasteiger partial charge on any atom is 0.232 e. The first-order chi connectivity index (χ1) is 11.6. The lowest BCUT2D eigenvalue weighted by Crippen LogP contribution is -2.18. The van der Waals surface area contributed by atoms with Crippen molar-refractivity contribution < 1.29 is 4.79 Å². The van der Waals surface area contributed by atoms with Gasteiger partial charge in [0, 0.05) is 5.69 Å². The zero-order chi connectivity index (χ0) is 16.9. The van der Waals surface area contributed by atoms with Crippen molar-refractivity contribution >= 4 is 23.8 Å². The van der Waals surface area contributed by atoms with Gasteiger partial charge in [-0.05, 0) is 36.3 Å². The van der Waals surface area contributed by atoms with Gasteiger partial charge in [0.25, 0.3) is 0 Å². The topological polar surface area (TPSA) is 62.7 Å². The molecule has 0 aliphatic rings. The number of H-pyrrole nitrogens is 1. The number of nitrogens with zero attached hydrogens (tertiary/aromatic N) is 2. The van der Waals surface area contributed by atoms with Crippen LogP contribution in [0.1, 0.15) is 17.0 Å². The number of anilines is 1. The number of hydrogen-bond acceptors (Lipinski definition) is 3. The van der Waals surface area contributed by atoms with Crippen LogP contribution in [-0.4, -0.2) is 20.7 Å². The van der Waals surface area contributed by atoms with Crippen LogP contribution < -0.4 is 5.32 Å². The Morgan fingerprint density at radius 2 is 1.88 bits per heavy atom. The van der Waals surface area contributed by atoms with Gasteiger partial charge in [-0.1, -0.05) is 48.5 Å². The fourth-order valence-corrected chi connectivity index (χ4v) is 2.68. The number of aromatic nitrogens is 3. The summed E-state index contributed by atoms with van der Waals surface area (Å²) in [5.74, 6) is 0.502. The minimum absolute atomic E-state index is 0.118. The molecular formula is C18H18N4OS. The molecule has 0 radical (unpaired) electrons. The molecule has 0 saturated carbocycles. The number of aromatic amines is 1. The summed E-state index contributed by atoms with van der Waals surface area (Å²) in [5, 5.41) is 9.89. The second kappa shape index (κ2) is 7.23. The van der Waals surface area contributed by atoms with Crippen molar-refractivity contribution in [3.8, 4) is 0 Å². The van der Waals surface area contributed by atoms with Crippen molar-refractivity contribution in [2.24, 2.45) is 0 Å². The molecule has 6 heteroatoms. The number of para-hydroxylation sites is 1. The molecule has 2 N–H and O–H groups in total. The van der Waals surface area contributed by atoms with E-state index in [1.54, 1.807) is 0 Å². The molecule has 1 amide bonds. The normalized spacial score (nSPS) is 10.5. The summed E-state index contributed by atoms with van der Waals surface area (Å²) in [6.45, 7) is 2.55. The summed E-state index contributed by atoms with van der Waals surface area (Å²) in [6.07, 6.45) is 0.161. The first kappa shape index (κ1) is 16.1. The Bertz CT molecular complexity index is 899. The Kier molecular flexibility index (Phi) is 4.86. The van der Waals surface area contributed by atoms with Gasteiger partial charge in [-0.2, -0.15) is 5.10 Å². The van der Waals surface area contributed by atoms with E-state index in [1.165, 1.54) is 0 Å². The van der Waals surface area contributed by atoms with Gasteiger partial charge in [0.1, 0.15) is 5.82 Å². The van der Waals surface area contributed by atoms with E-state index >= 15 is 0 Å². The highest BCUT2D eigenvalue weighted by atomic mass is 32.1. The van der Waals surface area contributed by atoms with Crippen molar-refractivity contribution in [2.45, 2.75) is 19.9 Å². The number of benzene rings is 2. The summed E-state index contributed by atoms with van der Waals surface area (Å²) < 4.78 is 2.36. The van der Waals surface area contributed by atoms with E-state index in [2.05, 4.69) is 15.5 Å². The van der Waals surface area contributed by atoms with Crippen LogP contribution in [0.5, 0.6) is 0 Å². The van der Waals surface area contributed by atoms with Crippen LogP contribution in [0.3, 0.4) is 0 Å². The third-order valence-electron chi connectivity index (χ3n) is 3.76. The van der Waals surface area contributed by atoms with E-state index in [1.807, 2.05) is 66.1 Å². The van der Waals surface area contributed by atoms with Crippen molar-refractivity contribution in [1.82, 2.24) is 14.8 Å². The number of carbonyl (C=O) groups excluding carboxylic acids is 1. The van der Waals surface area contributed by atoms with Gasteiger partial charge in [0.2, 0.25) is 5.91 Å². The van der Waals surface area contributed by atoms with E-state index in [4.69, 9.17) is 12.2 Å². The van der Waals surface area contributed by atoms with E-state index < -0.39 is 0 Å². The zero-order valence-corrected chi connectivity index (χ0v) is 14.1. The molecule has 0 atom stereocenters. The highest BCUT2D eigenvalue weighted by molar-refractivity contribution is 7.71. The lowest BCUT2D eigenvalue weighted by atomic mass is 10.2. The molecule has 0 aliphatic carbocycles. The molecule has 1 heterocycles. The van der Waals surface area contributed by atoms with Crippen LogP contribution in [-0.2, 0) is 17.8 Å². The molecule has 0 bridgehead atoms. The first-order valence-corrected chi connectivity index (χ1v) is 8.08. The van der Waals surface area contributed by atoms with Crippen LogP contribution in [0.4, 0.5) is 5.69 Å². The van der Waals surface area contributed by atoms with E-state index in [-0.39, 0.29) is 12.3 Å². The summed E-state index contributed by atoms with van der Waals surface area (Å²) in [7, 11) is 0. The number of nitrogens with one attached hydrogen (secondary N) is 2. The Morgan fingerprint density at radius 1 is 1.17 bits per heavy atom. The first-order valence-electron chi connectivity index (χ1n) is 7.67. The van der Waals surface area contributed by atoms with Gasteiger partial charge in [0.05, 0.1) is 13.0 Å². The van der Waals surface area contributed by atoms with Gasteiger partial charge in [0.15, 0.2) is 4.77 Å². The lowest BCUT2D eigenvalue weighted by molar-refractivity contribution is -0.115. The fourth-order valence-electron chi connectivity index (χ4n) is 2.47. The summed E-state index contributed by atoms with van der Waals surface area (Å²) in [5.41, 5.74) is 2.94. The van der Waals surface area contributed by atoms with Crippen LogP contribution in [0.2, 0.25) is 0 Å². The average Bonchev–Trinajstić information content (AvgIpc) is 2.91. The molecule has 0 aliphatic heterocycles. The minimum Gasteiger partial charge on any atom is -0.325 e. The summed E-state index contributed by atoms with van der Waals surface area (Å²) in [4.78, 5) is 12.3. The molecule has 0 unspecified atom stereocenters. The van der Waals surface area contributed by atoms with Crippen molar-refractivity contribution in [3.63, 3.8) is 0 Å². The van der Waals surface area contributed by atoms with Gasteiger partial charge < -0.3 is 5.32 Å². The van der Waals surface area contributed by atoms with Crippen LogP contribution in [0, 0.1) is 11.7 Å². The number of carbonyl (C=O) groups is 1. The number of amides is 1. The molecule has 5 nitrogen and oxygen atoms in total. The molecule has 3 aromatic rings. The Labute approximate surface area is 145 Å². The molecule has 1 aromatic heterocycles. The van der Waals surface area contributed by atoms with E-state index in [0.717, 1.165) is 16.8 Å². The van der Waals surface area contributed by atoms with Crippen LogP contribution >= 0.6 is 12.2 Å². The molecule has 3 rings (SSSR count). The monoisotopic (exact) mass is 338 g/mol. The molecule has 2 aromatic carbocycles. The zero-order valence-electron chi connectivity index (χ0n) is 13.3. The SMILES string of the molecule is Cc1ccccc1NC(=O)Cc1n[nH]c(=S)n1Cc1ccccc1. The number of hydrogen-bond donors (Lipinski definition) is 2. The molecule has 0 spiro atoms. The predicted molar refractivity (Wildman–Crippen MR) is 96.5 cm³/mol.